The van der Waals surface area contributed by atoms with Crippen molar-refractivity contribution in [2.24, 2.45) is 0 Å². The van der Waals surface area contributed by atoms with E-state index in [0.29, 0.717) is 25.1 Å². The largest absolute Gasteiger partial charge is 0.507 e. The molecule has 0 aliphatic carbocycles. The third-order valence-electron chi connectivity index (χ3n) is 5.82. The molecule has 0 radical (unpaired) electrons. The summed E-state index contributed by atoms with van der Waals surface area (Å²) in [5, 5.41) is 13.2. The number of benzene rings is 3. The first-order chi connectivity index (χ1) is 15.0. The standard InChI is InChI=1S/C26H25NO4/c1-17-9-3-5-12-19(17)23-22(25(29)26(30)27(23)15-8-16-31-2)24(28)21-14-7-11-18-10-4-6-13-20(18)21/h3-7,9-14,23,28H,8,15-16H2,1-2H3/b24-22+. The number of hydrogen-bond donors (Lipinski definition) is 1. The highest BCUT2D eigenvalue weighted by Crippen LogP contribution is 2.41. The lowest BCUT2D eigenvalue weighted by atomic mass is 9.91. The number of amides is 1. The first-order valence-corrected chi connectivity index (χ1v) is 10.4. The number of carbonyl (C=O) groups is 2. The number of fused-ring (bicyclic) bond motifs is 1. The Kier molecular flexibility index (Phi) is 5.87. The molecule has 1 amide bonds. The van der Waals surface area contributed by atoms with Gasteiger partial charge < -0.3 is 14.7 Å². The van der Waals surface area contributed by atoms with Gasteiger partial charge in [-0.15, -0.1) is 0 Å². The van der Waals surface area contributed by atoms with Crippen LogP contribution in [0.1, 0.15) is 29.2 Å². The number of aliphatic hydroxyl groups is 1. The fraction of sp³-hybridized carbons (Fsp3) is 0.231. The van der Waals surface area contributed by atoms with Crippen molar-refractivity contribution in [1.82, 2.24) is 4.90 Å². The molecule has 3 aromatic rings. The van der Waals surface area contributed by atoms with Crippen LogP contribution in [-0.2, 0) is 14.3 Å². The van der Waals surface area contributed by atoms with Crippen LogP contribution in [0.4, 0.5) is 0 Å². The van der Waals surface area contributed by atoms with Gasteiger partial charge in [0.25, 0.3) is 11.7 Å². The number of ether oxygens (including phenoxy) is 1. The Balaban J connectivity index is 1.92. The molecule has 158 valence electrons. The van der Waals surface area contributed by atoms with E-state index in [4.69, 9.17) is 4.74 Å². The lowest BCUT2D eigenvalue weighted by Gasteiger charge is -2.26. The lowest BCUT2D eigenvalue weighted by Crippen LogP contribution is -2.31. The van der Waals surface area contributed by atoms with Crippen molar-refractivity contribution in [2.45, 2.75) is 19.4 Å². The highest BCUT2D eigenvalue weighted by Gasteiger charge is 2.46. The highest BCUT2D eigenvalue weighted by atomic mass is 16.5. The van der Waals surface area contributed by atoms with Crippen molar-refractivity contribution in [2.75, 3.05) is 20.3 Å². The van der Waals surface area contributed by atoms with Crippen LogP contribution in [0.5, 0.6) is 0 Å². The maximum atomic E-state index is 13.2. The monoisotopic (exact) mass is 415 g/mol. The summed E-state index contributed by atoms with van der Waals surface area (Å²) in [5.41, 5.74) is 2.47. The number of carbonyl (C=O) groups excluding carboxylic acids is 2. The van der Waals surface area contributed by atoms with Crippen molar-refractivity contribution in [1.29, 1.82) is 0 Å². The lowest BCUT2D eigenvalue weighted by molar-refractivity contribution is -0.140. The molecule has 5 heteroatoms. The van der Waals surface area contributed by atoms with E-state index in [1.165, 1.54) is 0 Å². The fourth-order valence-electron chi connectivity index (χ4n) is 4.28. The van der Waals surface area contributed by atoms with Crippen LogP contribution in [0.25, 0.3) is 16.5 Å². The Morgan fingerprint density at radius 2 is 1.71 bits per heavy atom. The molecule has 1 saturated heterocycles. The Morgan fingerprint density at radius 3 is 2.48 bits per heavy atom. The molecule has 0 spiro atoms. The number of rotatable bonds is 6. The van der Waals surface area contributed by atoms with Gasteiger partial charge in [0.15, 0.2) is 0 Å². The summed E-state index contributed by atoms with van der Waals surface area (Å²) in [5.74, 6) is -1.39. The van der Waals surface area contributed by atoms with Crippen LogP contribution < -0.4 is 0 Å². The molecular formula is C26H25NO4. The van der Waals surface area contributed by atoms with Crippen LogP contribution in [-0.4, -0.2) is 42.0 Å². The van der Waals surface area contributed by atoms with Crippen molar-refractivity contribution in [3.8, 4) is 0 Å². The molecule has 31 heavy (non-hydrogen) atoms. The molecule has 1 N–H and O–H groups in total. The molecule has 1 unspecified atom stereocenters. The first-order valence-electron chi connectivity index (χ1n) is 10.4. The summed E-state index contributed by atoms with van der Waals surface area (Å²) >= 11 is 0. The van der Waals surface area contributed by atoms with Gasteiger partial charge in [0.1, 0.15) is 5.76 Å². The molecule has 1 aliphatic rings. The Morgan fingerprint density at radius 1 is 1.00 bits per heavy atom. The van der Waals surface area contributed by atoms with Crippen LogP contribution in [0.15, 0.2) is 72.3 Å². The van der Waals surface area contributed by atoms with E-state index in [1.807, 2.05) is 67.6 Å². The number of likely N-dealkylation sites (tertiary alicyclic amines) is 1. The summed E-state index contributed by atoms with van der Waals surface area (Å²) in [6.07, 6.45) is 0.597. The summed E-state index contributed by atoms with van der Waals surface area (Å²) in [4.78, 5) is 27.7. The van der Waals surface area contributed by atoms with Crippen LogP contribution in [0.3, 0.4) is 0 Å². The molecule has 1 aliphatic heterocycles. The van der Waals surface area contributed by atoms with Crippen molar-refractivity contribution < 1.29 is 19.4 Å². The maximum absolute atomic E-state index is 13.2. The molecule has 1 atom stereocenters. The molecule has 1 heterocycles. The van der Waals surface area contributed by atoms with Gasteiger partial charge in [0.05, 0.1) is 11.6 Å². The normalized spacial score (nSPS) is 18.1. The van der Waals surface area contributed by atoms with E-state index in [2.05, 4.69) is 0 Å². The van der Waals surface area contributed by atoms with E-state index in [-0.39, 0.29) is 11.3 Å². The molecule has 0 aromatic heterocycles. The zero-order chi connectivity index (χ0) is 22.0. The summed E-state index contributed by atoms with van der Waals surface area (Å²) in [6.45, 7) is 2.79. The van der Waals surface area contributed by atoms with E-state index in [1.54, 1.807) is 18.1 Å². The number of nitrogens with zero attached hydrogens (tertiary/aromatic N) is 1. The molecule has 1 fully saturated rings. The number of ketones is 1. The third kappa shape index (κ3) is 3.73. The molecule has 0 saturated carbocycles. The van der Waals surface area contributed by atoms with Crippen molar-refractivity contribution >= 4 is 28.2 Å². The van der Waals surface area contributed by atoms with Crippen LogP contribution in [0.2, 0.25) is 0 Å². The van der Waals surface area contributed by atoms with Gasteiger partial charge in [0, 0.05) is 25.8 Å². The average molecular weight is 415 g/mol. The van der Waals surface area contributed by atoms with Crippen LogP contribution in [0, 0.1) is 6.92 Å². The average Bonchev–Trinajstić information content (AvgIpc) is 3.03. The molecule has 4 rings (SSSR count). The first kappa shape index (κ1) is 20.8. The minimum Gasteiger partial charge on any atom is -0.507 e. The Bertz CT molecular complexity index is 1180. The minimum atomic E-state index is -0.656. The third-order valence-corrected chi connectivity index (χ3v) is 5.82. The molecular weight excluding hydrogens is 390 g/mol. The number of aryl methyl sites for hydroxylation is 1. The van der Waals surface area contributed by atoms with Gasteiger partial charge in [-0.1, -0.05) is 66.7 Å². The van der Waals surface area contributed by atoms with E-state index in [9.17, 15) is 14.7 Å². The second-order valence-electron chi connectivity index (χ2n) is 7.72. The second-order valence-corrected chi connectivity index (χ2v) is 7.72. The van der Waals surface area contributed by atoms with E-state index in [0.717, 1.165) is 21.9 Å². The van der Waals surface area contributed by atoms with Gasteiger partial charge in [-0.05, 0) is 35.2 Å². The van der Waals surface area contributed by atoms with Gasteiger partial charge in [-0.2, -0.15) is 0 Å². The van der Waals surface area contributed by atoms with E-state index >= 15 is 0 Å². The number of methoxy groups -OCH3 is 1. The van der Waals surface area contributed by atoms with Crippen molar-refractivity contribution in [3.63, 3.8) is 0 Å². The second kappa shape index (κ2) is 8.74. The Hall–Kier alpha value is -3.44. The predicted octanol–water partition coefficient (Wildman–Crippen LogP) is 4.61. The highest BCUT2D eigenvalue weighted by molar-refractivity contribution is 6.46. The topological polar surface area (TPSA) is 66.8 Å². The Labute approximate surface area is 181 Å². The fourth-order valence-corrected chi connectivity index (χ4v) is 4.28. The minimum absolute atomic E-state index is 0.132. The SMILES string of the molecule is COCCCN1C(=O)C(=O)/C(=C(/O)c2cccc3ccccc23)C1c1ccccc1C. The number of aliphatic hydroxyl groups excluding tert-OH is 1. The summed E-state index contributed by atoms with van der Waals surface area (Å²) < 4.78 is 5.14. The van der Waals surface area contributed by atoms with Gasteiger partial charge >= 0.3 is 0 Å². The van der Waals surface area contributed by atoms with Crippen LogP contribution >= 0.6 is 0 Å². The van der Waals surface area contributed by atoms with Gasteiger partial charge in [-0.3, -0.25) is 9.59 Å². The van der Waals surface area contributed by atoms with Crippen molar-refractivity contribution in [3.05, 3.63) is 89.0 Å². The predicted molar refractivity (Wildman–Crippen MR) is 121 cm³/mol. The van der Waals surface area contributed by atoms with Gasteiger partial charge in [0.2, 0.25) is 0 Å². The van der Waals surface area contributed by atoms with E-state index < -0.39 is 17.7 Å². The molecule has 5 nitrogen and oxygen atoms in total. The number of hydrogen-bond acceptors (Lipinski definition) is 4. The number of Topliss-reactive ketones (excluding diaryl/α,β-unsaturated/α-hetero) is 1. The zero-order valence-corrected chi connectivity index (χ0v) is 17.7. The summed E-state index contributed by atoms with van der Waals surface area (Å²) in [6, 6.07) is 20.3. The summed E-state index contributed by atoms with van der Waals surface area (Å²) in [7, 11) is 1.60. The smallest absolute Gasteiger partial charge is 0.295 e. The maximum Gasteiger partial charge on any atom is 0.295 e. The van der Waals surface area contributed by atoms with Gasteiger partial charge in [-0.25, -0.2) is 0 Å². The quantitative estimate of drug-likeness (QED) is 0.276. The molecule has 0 bridgehead atoms. The molecule has 3 aromatic carbocycles. The zero-order valence-electron chi connectivity index (χ0n) is 17.7.